The van der Waals surface area contributed by atoms with Crippen LogP contribution in [0, 0.1) is 0 Å². The van der Waals surface area contributed by atoms with Crippen LogP contribution < -0.4 is 0 Å². The summed E-state index contributed by atoms with van der Waals surface area (Å²) in [5.74, 6) is 0. The standard InChI is InChI=1S/C56H40N2/c1-3-57-50-30-14-12-24-40(50)48-32-36-20-8-10-22-38(36)53(55(48)57)44-28-16-26-42-46(44)34-47-43(52(42)35-18-6-5-7-19-35)27-17-29-45(47)54-39-23-11-9-21-37(39)33-49-41-25-13-15-31-51(41)58(4-2)56(49)54/h5-34H,3-4H2,1-2H3. The van der Waals surface area contributed by atoms with Gasteiger partial charge in [-0.15, -0.1) is 0 Å². The summed E-state index contributed by atoms with van der Waals surface area (Å²) in [6.07, 6.45) is 0. The molecule has 0 aliphatic rings. The minimum absolute atomic E-state index is 0.880. The molecular weight excluding hydrogens is 701 g/mol. The molecule has 0 saturated heterocycles. The van der Waals surface area contributed by atoms with Gasteiger partial charge in [0.05, 0.1) is 11.0 Å². The molecule has 0 saturated carbocycles. The first-order valence-corrected chi connectivity index (χ1v) is 20.6. The molecule has 2 aromatic heterocycles. The lowest BCUT2D eigenvalue weighted by atomic mass is 9.84. The summed E-state index contributed by atoms with van der Waals surface area (Å²) in [5, 5.41) is 15.3. The Kier molecular flexibility index (Phi) is 7.22. The normalized spacial score (nSPS) is 12.1. The lowest BCUT2D eigenvalue weighted by Gasteiger charge is -2.20. The second-order valence-electron chi connectivity index (χ2n) is 15.7. The zero-order chi connectivity index (χ0) is 38.5. The molecule has 0 aliphatic carbocycles. The van der Waals surface area contributed by atoms with E-state index in [1.807, 2.05) is 0 Å². The zero-order valence-corrected chi connectivity index (χ0v) is 32.6. The van der Waals surface area contributed by atoms with Gasteiger partial charge in [-0.2, -0.15) is 0 Å². The van der Waals surface area contributed by atoms with Gasteiger partial charge >= 0.3 is 0 Å². The fraction of sp³-hybridized carbons (Fsp3) is 0.0714. The van der Waals surface area contributed by atoms with Crippen molar-refractivity contribution in [2.45, 2.75) is 26.9 Å². The Morgan fingerprint density at radius 2 is 0.724 bits per heavy atom. The second-order valence-corrected chi connectivity index (χ2v) is 15.7. The van der Waals surface area contributed by atoms with Gasteiger partial charge in [-0.25, -0.2) is 0 Å². The highest BCUT2D eigenvalue weighted by atomic mass is 15.0. The van der Waals surface area contributed by atoms with E-state index in [0.29, 0.717) is 0 Å². The summed E-state index contributed by atoms with van der Waals surface area (Å²) in [6, 6.07) is 68.2. The van der Waals surface area contributed by atoms with Gasteiger partial charge in [-0.05, 0) is 110 Å². The molecule has 12 aromatic rings. The molecule has 0 aliphatic heterocycles. The summed E-state index contributed by atoms with van der Waals surface area (Å²) in [4.78, 5) is 0. The summed E-state index contributed by atoms with van der Waals surface area (Å²) >= 11 is 0. The largest absolute Gasteiger partial charge is 0.340 e. The van der Waals surface area contributed by atoms with Gasteiger partial charge in [-0.1, -0.05) is 152 Å². The minimum atomic E-state index is 0.880. The van der Waals surface area contributed by atoms with Crippen molar-refractivity contribution in [2.75, 3.05) is 0 Å². The SMILES string of the molecule is CCn1c2ccccc2c2cc3ccccc3c(-c3cccc4c(-c5ccccc5)c5cccc(-c6c7ccccc7cc7c8ccccc8n(CC)c67)c5cc34)c21. The summed E-state index contributed by atoms with van der Waals surface area (Å²) in [6.45, 7) is 6.32. The van der Waals surface area contributed by atoms with E-state index in [-0.39, 0.29) is 0 Å². The van der Waals surface area contributed by atoms with Crippen molar-refractivity contribution < 1.29 is 0 Å². The predicted octanol–water partition coefficient (Wildman–Crippen LogP) is 15.6. The molecular formula is C56H40N2. The molecule has 274 valence electrons. The van der Waals surface area contributed by atoms with Crippen LogP contribution in [-0.4, -0.2) is 9.13 Å². The van der Waals surface area contributed by atoms with Gasteiger partial charge in [0, 0.05) is 56.8 Å². The number of rotatable bonds is 5. The van der Waals surface area contributed by atoms with E-state index in [4.69, 9.17) is 0 Å². The van der Waals surface area contributed by atoms with Crippen LogP contribution in [0.25, 0.3) is 120 Å². The van der Waals surface area contributed by atoms with Gasteiger partial charge in [-0.3, -0.25) is 0 Å². The fourth-order valence-corrected chi connectivity index (χ4v) is 10.5. The van der Waals surface area contributed by atoms with Crippen molar-refractivity contribution in [1.29, 1.82) is 0 Å². The van der Waals surface area contributed by atoms with Gasteiger partial charge < -0.3 is 9.13 Å². The third kappa shape index (κ3) is 4.54. The van der Waals surface area contributed by atoms with Crippen LogP contribution >= 0.6 is 0 Å². The smallest absolute Gasteiger partial charge is 0.0577 e. The number of hydrogen-bond acceptors (Lipinski definition) is 0. The Hall–Kier alpha value is -7.16. The molecule has 0 spiro atoms. The fourth-order valence-electron chi connectivity index (χ4n) is 10.5. The number of para-hydroxylation sites is 2. The Bertz CT molecular complexity index is 3420. The Balaban J connectivity index is 1.30. The first-order valence-electron chi connectivity index (χ1n) is 20.6. The number of hydrogen-bond donors (Lipinski definition) is 0. The highest BCUT2D eigenvalue weighted by Gasteiger charge is 2.24. The minimum Gasteiger partial charge on any atom is -0.340 e. The number of fused-ring (bicyclic) bond motifs is 10. The molecule has 12 rings (SSSR count). The molecule has 0 atom stereocenters. The van der Waals surface area contributed by atoms with E-state index in [9.17, 15) is 0 Å². The van der Waals surface area contributed by atoms with E-state index < -0.39 is 0 Å². The number of aryl methyl sites for hydroxylation is 2. The van der Waals surface area contributed by atoms with Crippen molar-refractivity contribution in [1.82, 2.24) is 9.13 Å². The topological polar surface area (TPSA) is 9.86 Å². The van der Waals surface area contributed by atoms with E-state index >= 15 is 0 Å². The summed E-state index contributed by atoms with van der Waals surface area (Å²) in [7, 11) is 0. The van der Waals surface area contributed by atoms with Crippen LogP contribution in [0.3, 0.4) is 0 Å². The average molecular weight is 741 g/mol. The maximum atomic E-state index is 2.53. The van der Waals surface area contributed by atoms with Crippen LogP contribution in [0.1, 0.15) is 13.8 Å². The zero-order valence-electron chi connectivity index (χ0n) is 32.6. The Labute approximate surface area is 336 Å². The molecule has 0 N–H and O–H groups in total. The number of aromatic nitrogens is 2. The van der Waals surface area contributed by atoms with Gasteiger partial charge in [0.25, 0.3) is 0 Å². The third-order valence-electron chi connectivity index (χ3n) is 12.8. The second kappa shape index (κ2) is 12.7. The molecule has 0 radical (unpaired) electrons. The maximum Gasteiger partial charge on any atom is 0.0577 e. The summed E-state index contributed by atoms with van der Waals surface area (Å²) in [5.41, 5.74) is 12.8. The van der Waals surface area contributed by atoms with Crippen molar-refractivity contribution in [3.8, 4) is 33.4 Å². The lowest BCUT2D eigenvalue weighted by Crippen LogP contribution is -1.98. The number of nitrogens with zero attached hydrogens (tertiary/aromatic N) is 2. The molecule has 0 bridgehead atoms. The Morgan fingerprint density at radius 3 is 1.21 bits per heavy atom. The van der Waals surface area contributed by atoms with E-state index in [2.05, 4.69) is 205 Å². The van der Waals surface area contributed by atoms with Crippen LogP contribution in [0.2, 0.25) is 0 Å². The highest BCUT2D eigenvalue weighted by molar-refractivity contribution is 6.28. The molecule has 2 heteroatoms. The van der Waals surface area contributed by atoms with E-state index in [0.717, 1.165) is 13.1 Å². The van der Waals surface area contributed by atoms with Crippen LogP contribution in [-0.2, 0) is 13.1 Å². The highest BCUT2D eigenvalue weighted by Crippen LogP contribution is 2.49. The monoisotopic (exact) mass is 740 g/mol. The van der Waals surface area contributed by atoms with Crippen LogP contribution in [0.4, 0.5) is 0 Å². The average Bonchev–Trinajstić information content (AvgIpc) is 3.78. The molecule has 58 heavy (non-hydrogen) atoms. The van der Waals surface area contributed by atoms with Crippen LogP contribution in [0.15, 0.2) is 182 Å². The quantitative estimate of drug-likeness (QED) is 0.156. The van der Waals surface area contributed by atoms with E-state index in [1.54, 1.807) is 0 Å². The Morgan fingerprint density at radius 1 is 0.310 bits per heavy atom. The van der Waals surface area contributed by atoms with Gasteiger partial charge in [0.1, 0.15) is 0 Å². The molecule has 2 nitrogen and oxygen atoms in total. The molecule has 0 amide bonds. The van der Waals surface area contributed by atoms with E-state index in [1.165, 1.54) is 120 Å². The molecule has 2 heterocycles. The predicted molar refractivity (Wildman–Crippen MR) is 250 cm³/mol. The maximum absolute atomic E-state index is 2.53. The molecule has 0 unspecified atom stereocenters. The van der Waals surface area contributed by atoms with Crippen molar-refractivity contribution >= 4 is 86.7 Å². The first kappa shape index (κ1) is 33.0. The lowest BCUT2D eigenvalue weighted by molar-refractivity contribution is 0.828. The van der Waals surface area contributed by atoms with Crippen molar-refractivity contribution in [3.05, 3.63) is 182 Å². The summed E-state index contributed by atoms with van der Waals surface area (Å²) < 4.78 is 5.07. The van der Waals surface area contributed by atoms with Gasteiger partial charge in [0.15, 0.2) is 0 Å². The first-order chi connectivity index (χ1) is 28.7. The van der Waals surface area contributed by atoms with Crippen molar-refractivity contribution in [3.63, 3.8) is 0 Å². The molecule has 10 aromatic carbocycles. The van der Waals surface area contributed by atoms with Crippen LogP contribution in [0.5, 0.6) is 0 Å². The molecule has 0 fully saturated rings. The van der Waals surface area contributed by atoms with Crippen molar-refractivity contribution in [2.24, 2.45) is 0 Å². The third-order valence-corrected chi connectivity index (χ3v) is 12.8. The van der Waals surface area contributed by atoms with Gasteiger partial charge in [0.2, 0.25) is 0 Å². The number of benzene rings is 10.